The highest BCUT2D eigenvalue weighted by molar-refractivity contribution is 7.98. The van der Waals surface area contributed by atoms with E-state index < -0.39 is 0 Å². The summed E-state index contributed by atoms with van der Waals surface area (Å²) in [5, 5.41) is 0. The van der Waals surface area contributed by atoms with Crippen LogP contribution in [0.1, 0.15) is 6.42 Å². The number of benzene rings is 1. The zero-order valence-electron chi connectivity index (χ0n) is 11.5. The summed E-state index contributed by atoms with van der Waals surface area (Å²) in [6.45, 7) is 1.98. The van der Waals surface area contributed by atoms with E-state index in [4.69, 9.17) is 4.74 Å². The number of nitrogens with zero attached hydrogens (tertiary/aromatic N) is 2. The quantitative estimate of drug-likeness (QED) is 0.804. The van der Waals surface area contributed by atoms with Crippen LogP contribution < -0.4 is 9.64 Å². The Labute approximate surface area is 124 Å². The van der Waals surface area contributed by atoms with E-state index in [0.717, 1.165) is 25.3 Å². The van der Waals surface area contributed by atoms with Gasteiger partial charge < -0.3 is 9.64 Å². The number of aromatic nitrogens is 1. The predicted octanol–water partition coefficient (Wildman–Crippen LogP) is 3.46. The summed E-state index contributed by atoms with van der Waals surface area (Å²) in [7, 11) is 0. The lowest BCUT2D eigenvalue weighted by Gasteiger charge is -2.18. The average Bonchev–Trinajstić information content (AvgIpc) is 2.97. The van der Waals surface area contributed by atoms with Crippen molar-refractivity contribution < 1.29 is 4.74 Å². The molecule has 1 aliphatic heterocycles. The molecule has 0 spiro atoms. The van der Waals surface area contributed by atoms with Gasteiger partial charge in [0.05, 0.1) is 6.54 Å². The van der Waals surface area contributed by atoms with E-state index >= 15 is 0 Å². The molecule has 1 saturated heterocycles. The van der Waals surface area contributed by atoms with Gasteiger partial charge in [-0.25, -0.2) is 0 Å². The summed E-state index contributed by atoms with van der Waals surface area (Å²) < 4.78 is 6.06. The second-order valence-corrected chi connectivity index (χ2v) is 5.74. The minimum absolute atomic E-state index is 0.267. The van der Waals surface area contributed by atoms with Crippen molar-refractivity contribution in [3.05, 3.63) is 48.8 Å². The Hall–Kier alpha value is -1.68. The van der Waals surface area contributed by atoms with Crippen LogP contribution in [0.3, 0.4) is 0 Å². The zero-order chi connectivity index (χ0) is 13.8. The molecule has 3 rings (SSSR count). The third kappa shape index (κ3) is 3.07. The van der Waals surface area contributed by atoms with Gasteiger partial charge in [0, 0.05) is 35.9 Å². The van der Waals surface area contributed by atoms with E-state index in [2.05, 4.69) is 52.5 Å². The van der Waals surface area contributed by atoms with Gasteiger partial charge in [-0.2, -0.15) is 0 Å². The molecule has 0 N–H and O–H groups in total. The Morgan fingerprint density at radius 2 is 1.90 bits per heavy atom. The molecule has 104 valence electrons. The Kier molecular flexibility index (Phi) is 4.11. The molecule has 2 aromatic rings. The molecule has 1 aliphatic rings. The van der Waals surface area contributed by atoms with E-state index in [0.29, 0.717) is 0 Å². The van der Waals surface area contributed by atoms with Gasteiger partial charge in [0.1, 0.15) is 11.9 Å². The van der Waals surface area contributed by atoms with E-state index in [1.165, 1.54) is 10.6 Å². The maximum Gasteiger partial charge on any atom is 0.119 e. The third-order valence-electron chi connectivity index (χ3n) is 3.54. The van der Waals surface area contributed by atoms with Crippen molar-refractivity contribution in [2.45, 2.75) is 17.4 Å². The predicted molar refractivity (Wildman–Crippen MR) is 83.7 cm³/mol. The molecule has 1 unspecified atom stereocenters. The van der Waals surface area contributed by atoms with Crippen LogP contribution in [0.15, 0.2) is 53.7 Å². The maximum absolute atomic E-state index is 6.06. The molecule has 0 amide bonds. The molecular weight excluding hydrogens is 268 g/mol. The van der Waals surface area contributed by atoms with Gasteiger partial charge in [-0.05, 0) is 42.7 Å². The Balaban J connectivity index is 1.60. The molecule has 1 fully saturated rings. The number of hydrogen-bond donors (Lipinski definition) is 0. The minimum Gasteiger partial charge on any atom is -0.489 e. The lowest BCUT2D eigenvalue weighted by atomic mass is 10.3. The second-order valence-electron chi connectivity index (χ2n) is 4.86. The molecular formula is C16H18N2OS. The van der Waals surface area contributed by atoms with Crippen LogP contribution in [0.25, 0.3) is 0 Å². The van der Waals surface area contributed by atoms with E-state index in [-0.39, 0.29) is 6.10 Å². The Morgan fingerprint density at radius 1 is 1.15 bits per heavy atom. The SMILES string of the molecule is CSc1ccc(OC2CCN(c3ccncc3)C2)cc1. The zero-order valence-corrected chi connectivity index (χ0v) is 12.3. The highest BCUT2D eigenvalue weighted by Crippen LogP contribution is 2.24. The van der Waals surface area contributed by atoms with Crippen LogP contribution in [0.2, 0.25) is 0 Å². The van der Waals surface area contributed by atoms with Crippen LogP contribution >= 0.6 is 11.8 Å². The van der Waals surface area contributed by atoms with Gasteiger partial charge in [0.15, 0.2) is 0 Å². The van der Waals surface area contributed by atoms with Crippen LogP contribution in [0.5, 0.6) is 5.75 Å². The first-order valence-electron chi connectivity index (χ1n) is 6.81. The number of thioether (sulfide) groups is 1. The molecule has 3 nitrogen and oxygen atoms in total. The van der Waals surface area contributed by atoms with Gasteiger partial charge in [-0.15, -0.1) is 11.8 Å². The van der Waals surface area contributed by atoms with E-state index in [1.54, 1.807) is 11.8 Å². The van der Waals surface area contributed by atoms with Crippen molar-refractivity contribution in [3.8, 4) is 5.75 Å². The summed E-state index contributed by atoms with van der Waals surface area (Å²) in [6, 6.07) is 12.4. The van der Waals surface area contributed by atoms with Gasteiger partial charge in [0.2, 0.25) is 0 Å². The van der Waals surface area contributed by atoms with Crippen LogP contribution in [-0.4, -0.2) is 30.4 Å². The largest absolute Gasteiger partial charge is 0.489 e. The number of ether oxygens (including phenoxy) is 1. The lowest BCUT2D eigenvalue weighted by molar-refractivity contribution is 0.225. The third-order valence-corrected chi connectivity index (χ3v) is 4.28. The highest BCUT2D eigenvalue weighted by atomic mass is 32.2. The smallest absolute Gasteiger partial charge is 0.119 e. The lowest BCUT2D eigenvalue weighted by Crippen LogP contribution is -2.24. The molecule has 2 heterocycles. The standard InChI is InChI=1S/C16H18N2OS/c1-20-16-4-2-14(3-5-16)19-15-8-11-18(12-15)13-6-9-17-10-7-13/h2-7,9-10,15H,8,11-12H2,1H3. The van der Waals surface area contributed by atoms with Crippen molar-refractivity contribution >= 4 is 17.4 Å². The fourth-order valence-corrected chi connectivity index (χ4v) is 2.87. The monoisotopic (exact) mass is 286 g/mol. The van der Waals surface area contributed by atoms with Crippen LogP contribution in [0.4, 0.5) is 5.69 Å². The first-order chi connectivity index (χ1) is 9.85. The average molecular weight is 286 g/mol. The van der Waals surface area contributed by atoms with Crippen molar-refractivity contribution in [2.75, 3.05) is 24.2 Å². The summed E-state index contributed by atoms with van der Waals surface area (Å²) >= 11 is 1.75. The minimum atomic E-state index is 0.267. The number of rotatable bonds is 4. The molecule has 0 saturated carbocycles. The molecule has 0 radical (unpaired) electrons. The Bertz CT molecular complexity index is 544. The molecule has 20 heavy (non-hydrogen) atoms. The van der Waals surface area contributed by atoms with Crippen molar-refractivity contribution in [1.29, 1.82) is 0 Å². The number of anilines is 1. The van der Waals surface area contributed by atoms with Crippen molar-refractivity contribution in [1.82, 2.24) is 4.98 Å². The fourth-order valence-electron chi connectivity index (χ4n) is 2.46. The van der Waals surface area contributed by atoms with E-state index in [9.17, 15) is 0 Å². The number of hydrogen-bond acceptors (Lipinski definition) is 4. The van der Waals surface area contributed by atoms with Gasteiger partial charge in [-0.3, -0.25) is 4.98 Å². The summed E-state index contributed by atoms with van der Waals surface area (Å²) in [5.41, 5.74) is 1.23. The summed E-state index contributed by atoms with van der Waals surface area (Å²) in [4.78, 5) is 7.68. The summed E-state index contributed by atoms with van der Waals surface area (Å²) in [6.07, 6.45) is 7.09. The van der Waals surface area contributed by atoms with Gasteiger partial charge in [0.25, 0.3) is 0 Å². The first-order valence-corrected chi connectivity index (χ1v) is 8.03. The highest BCUT2D eigenvalue weighted by Gasteiger charge is 2.24. The maximum atomic E-state index is 6.06. The van der Waals surface area contributed by atoms with Gasteiger partial charge in [-0.1, -0.05) is 0 Å². The second kappa shape index (κ2) is 6.18. The number of pyridine rings is 1. The normalized spacial score (nSPS) is 18.2. The molecule has 4 heteroatoms. The van der Waals surface area contributed by atoms with Gasteiger partial charge >= 0.3 is 0 Å². The van der Waals surface area contributed by atoms with Crippen LogP contribution in [-0.2, 0) is 0 Å². The summed E-state index contributed by atoms with van der Waals surface area (Å²) in [5.74, 6) is 0.962. The molecule has 0 bridgehead atoms. The Morgan fingerprint density at radius 3 is 2.60 bits per heavy atom. The van der Waals surface area contributed by atoms with Crippen molar-refractivity contribution in [3.63, 3.8) is 0 Å². The molecule has 0 aliphatic carbocycles. The molecule has 1 atom stereocenters. The fraction of sp³-hybridized carbons (Fsp3) is 0.312. The molecule has 1 aromatic carbocycles. The first kappa shape index (κ1) is 13.3. The van der Waals surface area contributed by atoms with E-state index in [1.807, 2.05) is 12.4 Å². The molecule has 1 aromatic heterocycles. The van der Waals surface area contributed by atoms with Crippen molar-refractivity contribution in [2.24, 2.45) is 0 Å². The van der Waals surface area contributed by atoms with Crippen LogP contribution in [0, 0.1) is 0 Å². The topological polar surface area (TPSA) is 25.4 Å².